The van der Waals surface area contributed by atoms with Crippen LogP contribution in [0.5, 0.6) is 0 Å². The van der Waals surface area contributed by atoms with Crippen molar-refractivity contribution in [2.75, 3.05) is 33.3 Å². The molecule has 1 unspecified atom stereocenters. The average Bonchev–Trinajstić information content (AvgIpc) is 2.83. The molecular formula is C23H23ClN4O4S. The SMILES string of the molecule is COC(=O)C(c1ccccc1Cl)N1CCN(C(=O)c2ccc3c(=O)n(C)c(=S)[nH]c3c2)CC1. The van der Waals surface area contributed by atoms with Crippen LogP contribution in [0.15, 0.2) is 47.3 Å². The largest absolute Gasteiger partial charge is 0.468 e. The number of piperazine rings is 1. The Morgan fingerprint density at radius 3 is 2.48 bits per heavy atom. The standard InChI is InChI=1S/C23H23ClN4O4S/c1-26-21(30)16-8-7-14(13-18(16)25-23(26)33)20(29)28-11-9-27(10-12-28)19(22(31)32-2)15-5-3-4-6-17(15)24/h3-8,13,19H,9-12H2,1-2H3,(H,25,33). The predicted molar refractivity (Wildman–Crippen MR) is 128 cm³/mol. The molecule has 0 saturated carbocycles. The molecule has 1 atom stereocenters. The summed E-state index contributed by atoms with van der Waals surface area (Å²) in [7, 11) is 2.95. The second kappa shape index (κ2) is 9.46. The smallest absolute Gasteiger partial charge is 0.327 e. The number of aromatic amines is 1. The number of amides is 1. The number of carbonyl (C=O) groups excluding carboxylic acids is 2. The monoisotopic (exact) mass is 486 g/mol. The third-order valence-corrected chi connectivity index (χ3v) is 6.66. The summed E-state index contributed by atoms with van der Waals surface area (Å²) in [5.74, 6) is -0.543. The molecule has 172 valence electrons. The van der Waals surface area contributed by atoms with Gasteiger partial charge in [0.15, 0.2) is 4.77 Å². The van der Waals surface area contributed by atoms with Gasteiger partial charge in [-0.3, -0.25) is 19.1 Å². The molecule has 3 aromatic rings. The third kappa shape index (κ3) is 4.44. The first-order chi connectivity index (χ1) is 15.8. The van der Waals surface area contributed by atoms with E-state index in [2.05, 4.69) is 4.98 Å². The van der Waals surface area contributed by atoms with E-state index >= 15 is 0 Å². The zero-order valence-electron chi connectivity index (χ0n) is 18.2. The summed E-state index contributed by atoms with van der Waals surface area (Å²) in [5.41, 5.74) is 1.45. The lowest BCUT2D eigenvalue weighted by Gasteiger charge is -2.38. The molecular weight excluding hydrogens is 464 g/mol. The van der Waals surface area contributed by atoms with Crippen molar-refractivity contribution in [1.82, 2.24) is 19.4 Å². The number of esters is 1. The molecule has 2 aromatic carbocycles. The Labute approximate surface area is 200 Å². The van der Waals surface area contributed by atoms with Crippen LogP contribution in [0.25, 0.3) is 10.9 Å². The number of hydrogen-bond acceptors (Lipinski definition) is 6. The van der Waals surface area contributed by atoms with E-state index in [0.717, 1.165) is 0 Å². The molecule has 1 saturated heterocycles. The highest BCUT2D eigenvalue weighted by molar-refractivity contribution is 7.71. The minimum Gasteiger partial charge on any atom is -0.468 e. The number of H-pyrrole nitrogens is 1. The average molecular weight is 487 g/mol. The van der Waals surface area contributed by atoms with Crippen molar-refractivity contribution < 1.29 is 14.3 Å². The maximum absolute atomic E-state index is 13.1. The van der Waals surface area contributed by atoms with Crippen LogP contribution in [0, 0.1) is 4.77 Å². The van der Waals surface area contributed by atoms with Crippen LogP contribution in [0.1, 0.15) is 22.0 Å². The number of benzene rings is 2. The summed E-state index contributed by atoms with van der Waals surface area (Å²) in [6.07, 6.45) is 0. The first-order valence-electron chi connectivity index (χ1n) is 10.4. The van der Waals surface area contributed by atoms with E-state index in [4.69, 9.17) is 28.6 Å². The van der Waals surface area contributed by atoms with Gasteiger partial charge in [0.2, 0.25) is 0 Å². The first kappa shape index (κ1) is 23.2. The molecule has 0 bridgehead atoms. The highest BCUT2D eigenvalue weighted by Gasteiger charge is 2.33. The van der Waals surface area contributed by atoms with Gasteiger partial charge in [-0.25, -0.2) is 4.79 Å². The van der Waals surface area contributed by atoms with Crippen LogP contribution in [0.4, 0.5) is 0 Å². The summed E-state index contributed by atoms with van der Waals surface area (Å²) >= 11 is 11.5. The van der Waals surface area contributed by atoms with Crippen molar-refractivity contribution in [1.29, 1.82) is 0 Å². The van der Waals surface area contributed by atoms with E-state index < -0.39 is 12.0 Å². The number of fused-ring (bicyclic) bond motifs is 1. The van der Waals surface area contributed by atoms with E-state index in [1.165, 1.54) is 11.7 Å². The van der Waals surface area contributed by atoms with Crippen molar-refractivity contribution in [3.05, 3.63) is 73.7 Å². The van der Waals surface area contributed by atoms with E-state index in [9.17, 15) is 14.4 Å². The fourth-order valence-corrected chi connectivity index (χ4v) is 4.52. The second-order valence-electron chi connectivity index (χ2n) is 7.83. The van der Waals surface area contributed by atoms with Crippen LogP contribution < -0.4 is 5.56 Å². The second-order valence-corrected chi connectivity index (χ2v) is 8.62. The van der Waals surface area contributed by atoms with E-state index in [0.29, 0.717) is 58.0 Å². The van der Waals surface area contributed by atoms with Crippen LogP contribution in [0.2, 0.25) is 5.02 Å². The third-order valence-electron chi connectivity index (χ3n) is 5.94. The van der Waals surface area contributed by atoms with Crippen LogP contribution >= 0.6 is 23.8 Å². The minimum atomic E-state index is -0.641. The minimum absolute atomic E-state index is 0.149. The molecule has 1 amide bonds. The Hall–Kier alpha value is -3.01. The van der Waals surface area contributed by atoms with Crippen LogP contribution in [-0.2, 0) is 16.6 Å². The molecule has 1 fully saturated rings. The first-order valence-corrected chi connectivity index (χ1v) is 11.2. The van der Waals surface area contributed by atoms with Crippen molar-refractivity contribution >= 4 is 46.6 Å². The number of halogens is 1. The summed E-state index contributed by atoms with van der Waals surface area (Å²) in [5, 5.41) is 0.958. The molecule has 1 aliphatic heterocycles. The summed E-state index contributed by atoms with van der Waals surface area (Å²) in [6.45, 7) is 1.82. The zero-order chi connectivity index (χ0) is 23.7. The van der Waals surface area contributed by atoms with Crippen molar-refractivity contribution in [2.24, 2.45) is 7.05 Å². The van der Waals surface area contributed by atoms with Crippen LogP contribution in [0.3, 0.4) is 0 Å². The summed E-state index contributed by atoms with van der Waals surface area (Å²) in [4.78, 5) is 44.8. The van der Waals surface area contributed by atoms with Gasteiger partial charge < -0.3 is 14.6 Å². The molecule has 1 N–H and O–H groups in total. The number of hydrogen-bond donors (Lipinski definition) is 1. The maximum Gasteiger partial charge on any atom is 0.327 e. The quantitative estimate of drug-likeness (QED) is 0.450. The molecule has 10 heteroatoms. The number of aromatic nitrogens is 2. The maximum atomic E-state index is 13.1. The van der Waals surface area contributed by atoms with Gasteiger partial charge in [-0.15, -0.1) is 0 Å². The molecule has 0 spiro atoms. The molecule has 0 aliphatic carbocycles. The van der Waals surface area contributed by atoms with Gasteiger partial charge >= 0.3 is 5.97 Å². The van der Waals surface area contributed by atoms with E-state index in [1.807, 2.05) is 23.1 Å². The number of methoxy groups -OCH3 is 1. The van der Waals surface area contributed by atoms with Gasteiger partial charge in [-0.05, 0) is 42.0 Å². The number of nitrogens with zero attached hydrogens (tertiary/aromatic N) is 3. The molecule has 33 heavy (non-hydrogen) atoms. The summed E-state index contributed by atoms with van der Waals surface area (Å²) < 4.78 is 6.68. The number of nitrogens with one attached hydrogen (secondary N) is 1. The van der Waals surface area contributed by atoms with Gasteiger partial charge in [0.05, 0.1) is 18.0 Å². The zero-order valence-corrected chi connectivity index (χ0v) is 19.8. The fourth-order valence-electron chi connectivity index (χ4n) is 4.09. The number of rotatable bonds is 4. The lowest BCUT2D eigenvalue weighted by atomic mass is 10.0. The highest BCUT2D eigenvalue weighted by Crippen LogP contribution is 2.29. The van der Waals surface area contributed by atoms with Gasteiger partial charge in [-0.1, -0.05) is 29.8 Å². The molecule has 1 aromatic heterocycles. The Balaban J connectivity index is 1.53. The predicted octanol–water partition coefficient (Wildman–Crippen LogP) is 2.92. The fraction of sp³-hybridized carbons (Fsp3) is 0.304. The van der Waals surface area contributed by atoms with Crippen molar-refractivity contribution in [3.8, 4) is 0 Å². The normalized spacial score (nSPS) is 15.4. The van der Waals surface area contributed by atoms with Gasteiger partial charge in [0.1, 0.15) is 6.04 Å². The Bertz CT molecular complexity index is 1340. The highest BCUT2D eigenvalue weighted by atomic mass is 35.5. The lowest BCUT2D eigenvalue weighted by molar-refractivity contribution is -0.148. The lowest BCUT2D eigenvalue weighted by Crippen LogP contribution is -2.51. The molecule has 8 nitrogen and oxygen atoms in total. The van der Waals surface area contributed by atoms with E-state index in [1.54, 1.807) is 36.2 Å². The van der Waals surface area contributed by atoms with E-state index in [-0.39, 0.29) is 11.5 Å². The van der Waals surface area contributed by atoms with Gasteiger partial charge in [-0.2, -0.15) is 0 Å². The topological polar surface area (TPSA) is 87.6 Å². The van der Waals surface area contributed by atoms with Crippen molar-refractivity contribution in [2.45, 2.75) is 6.04 Å². The Kier molecular flexibility index (Phi) is 6.64. The molecule has 2 heterocycles. The number of ether oxygens (including phenoxy) is 1. The summed E-state index contributed by atoms with van der Waals surface area (Å²) in [6, 6.07) is 11.5. The molecule has 0 radical (unpaired) electrons. The Morgan fingerprint density at radius 1 is 1.12 bits per heavy atom. The van der Waals surface area contributed by atoms with Gasteiger partial charge in [0, 0.05) is 43.8 Å². The van der Waals surface area contributed by atoms with Gasteiger partial charge in [0.25, 0.3) is 11.5 Å². The van der Waals surface area contributed by atoms with Crippen molar-refractivity contribution in [3.63, 3.8) is 0 Å². The van der Waals surface area contributed by atoms with Crippen LogP contribution in [-0.4, -0.2) is 64.5 Å². The molecule has 1 aliphatic rings. The Morgan fingerprint density at radius 2 is 1.82 bits per heavy atom. The molecule has 4 rings (SSSR count). The number of carbonyl (C=O) groups is 2.